The van der Waals surface area contributed by atoms with Gasteiger partial charge in [-0.1, -0.05) is 0 Å². The van der Waals surface area contributed by atoms with Crippen molar-refractivity contribution in [3.05, 3.63) is 0 Å². The van der Waals surface area contributed by atoms with Crippen LogP contribution in [-0.4, -0.2) is 79.5 Å². The second-order valence-corrected chi connectivity index (χ2v) is 9.57. The highest BCUT2D eigenvalue weighted by molar-refractivity contribution is 5.87. The first-order valence-corrected chi connectivity index (χ1v) is 12.0. The Labute approximate surface area is 186 Å². The summed E-state index contributed by atoms with van der Waals surface area (Å²) in [5.74, 6) is 1.21. The van der Waals surface area contributed by atoms with Gasteiger partial charge in [0.2, 0.25) is 17.7 Å². The molecule has 176 valence electrons. The van der Waals surface area contributed by atoms with Crippen molar-refractivity contribution < 1.29 is 19.1 Å². The van der Waals surface area contributed by atoms with Crippen LogP contribution in [0.15, 0.2) is 0 Å². The number of nitrogens with two attached hydrogens (primary N) is 1. The molecular weight excluding hydrogens is 396 g/mol. The molecule has 3 aliphatic rings. The highest BCUT2D eigenvalue weighted by Crippen LogP contribution is 2.34. The predicted octanol–water partition coefficient (Wildman–Crippen LogP) is 1.13. The van der Waals surface area contributed by atoms with E-state index in [1.54, 1.807) is 12.0 Å². The SMILES string of the molecule is COCCN(C(=O)C1CC1)C1CCN(C(C)=O)[C@@H](C(=O)NCC2CCC(CN)CC2)C1. The van der Waals surface area contributed by atoms with Crippen molar-refractivity contribution in [3.8, 4) is 0 Å². The first kappa shape index (κ1) is 24.0. The van der Waals surface area contributed by atoms with Crippen LogP contribution in [0.3, 0.4) is 0 Å². The van der Waals surface area contributed by atoms with Gasteiger partial charge < -0.3 is 25.6 Å². The van der Waals surface area contributed by atoms with Crippen LogP contribution < -0.4 is 11.1 Å². The molecule has 3 N–H and O–H groups in total. The normalized spacial score (nSPS) is 28.8. The smallest absolute Gasteiger partial charge is 0.242 e. The largest absolute Gasteiger partial charge is 0.383 e. The molecule has 1 heterocycles. The van der Waals surface area contributed by atoms with E-state index in [9.17, 15) is 14.4 Å². The number of hydrogen-bond acceptors (Lipinski definition) is 5. The molecule has 1 aliphatic heterocycles. The van der Waals surface area contributed by atoms with Crippen molar-refractivity contribution in [3.63, 3.8) is 0 Å². The molecule has 2 saturated carbocycles. The van der Waals surface area contributed by atoms with Crippen LogP contribution in [-0.2, 0) is 19.1 Å². The monoisotopic (exact) mass is 436 g/mol. The van der Waals surface area contributed by atoms with E-state index in [0.717, 1.165) is 45.1 Å². The second kappa shape index (κ2) is 11.3. The molecule has 0 radical (unpaired) electrons. The van der Waals surface area contributed by atoms with Gasteiger partial charge in [-0.2, -0.15) is 0 Å². The summed E-state index contributed by atoms with van der Waals surface area (Å²) in [4.78, 5) is 41.8. The van der Waals surface area contributed by atoms with Crippen LogP contribution in [0.25, 0.3) is 0 Å². The van der Waals surface area contributed by atoms with Crippen LogP contribution in [0.4, 0.5) is 0 Å². The number of nitrogens with one attached hydrogen (secondary N) is 1. The first-order valence-electron chi connectivity index (χ1n) is 12.0. The van der Waals surface area contributed by atoms with Crippen molar-refractivity contribution in [2.24, 2.45) is 23.5 Å². The topological polar surface area (TPSA) is 105 Å². The molecule has 0 spiro atoms. The lowest BCUT2D eigenvalue weighted by atomic mass is 9.82. The lowest BCUT2D eigenvalue weighted by molar-refractivity contribution is -0.145. The van der Waals surface area contributed by atoms with Gasteiger partial charge in [-0.15, -0.1) is 0 Å². The summed E-state index contributed by atoms with van der Waals surface area (Å²) in [7, 11) is 1.63. The molecule has 2 atom stereocenters. The molecule has 0 bridgehead atoms. The molecule has 0 aromatic carbocycles. The average Bonchev–Trinajstić information content (AvgIpc) is 3.63. The van der Waals surface area contributed by atoms with Gasteiger partial charge in [-0.05, 0) is 69.7 Å². The van der Waals surface area contributed by atoms with Crippen molar-refractivity contribution in [2.75, 3.05) is 39.9 Å². The highest BCUT2D eigenvalue weighted by atomic mass is 16.5. The number of rotatable bonds is 9. The quantitative estimate of drug-likeness (QED) is 0.564. The van der Waals surface area contributed by atoms with Gasteiger partial charge in [-0.3, -0.25) is 14.4 Å². The zero-order valence-electron chi connectivity index (χ0n) is 19.2. The van der Waals surface area contributed by atoms with E-state index < -0.39 is 6.04 Å². The molecule has 31 heavy (non-hydrogen) atoms. The van der Waals surface area contributed by atoms with Crippen LogP contribution in [0, 0.1) is 17.8 Å². The number of nitrogens with zero attached hydrogens (tertiary/aromatic N) is 2. The van der Waals surface area contributed by atoms with Crippen molar-refractivity contribution in [1.29, 1.82) is 0 Å². The fourth-order valence-electron chi connectivity index (χ4n) is 5.12. The van der Waals surface area contributed by atoms with Crippen LogP contribution >= 0.6 is 0 Å². The van der Waals surface area contributed by atoms with Gasteiger partial charge in [0.15, 0.2) is 0 Å². The molecule has 3 rings (SSSR count). The Balaban J connectivity index is 1.60. The van der Waals surface area contributed by atoms with E-state index in [-0.39, 0.29) is 29.7 Å². The van der Waals surface area contributed by atoms with E-state index in [2.05, 4.69) is 5.32 Å². The Kier molecular flexibility index (Phi) is 8.72. The molecule has 2 aliphatic carbocycles. The minimum Gasteiger partial charge on any atom is -0.383 e. The number of piperidine rings is 1. The van der Waals surface area contributed by atoms with Gasteiger partial charge in [-0.25, -0.2) is 0 Å². The predicted molar refractivity (Wildman–Crippen MR) is 118 cm³/mol. The first-order chi connectivity index (χ1) is 14.9. The summed E-state index contributed by atoms with van der Waals surface area (Å²) in [6.07, 6.45) is 7.52. The molecule has 8 heteroatoms. The Morgan fingerprint density at radius 2 is 1.74 bits per heavy atom. The molecule has 1 saturated heterocycles. The Bertz CT molecular complexity index is 631. The fraction of sp³-hybridized carbons (Fsp3) is 0.870. The average molecular weight is 437 g/mol. The Morgan fingerprint density at radius 1 is 1.06 bits per heavy atom. The summed E-state index contributed by atoms with van der Waals surface area (Å²) >= 11 is 0. The summed E-state index contributed by atoms with van der Waals surface area (Å²) < 4.78 is 5.22. The standard InChI is InChI=1S/C23H40N4O4/c1-16(28)26-10-9-20(27(11-12-31-2)23(30)19-7-8-19)13-21(26)22(29)25-15-18-5-3-17(14-24)4-6-18/h17-21H,3-15,24H2,1-2H3,(H,25,29)/t17?,18?,20?,21-/m1/s1. The van der Waals surface area contributed by atoms with Crippen molar-refractivity contribution in [1.82, 2.24) is 15.1 Å². The van der Waals surface area contributed by atoms with E-state index >= 15 is 0 Å². The van der Waals surface area contributed by atoms with E-state index in [1.807, 2.05) is 4.90 Å². The summed E-state index contributed by atoms with van der Waals surface area (Å²) in [6.45, 7) is 4.43. The van der Waals surface area contributed by atoms with Gasteiger partial charge in [0.05, 0.1) is 6.61 Å². The molecule has 8 nitrogen and oxygen atoms in total. The van der Waals surface area contributed by atoms with Crippen LogP contribution in [0.2, 0.25) is 0 Å². The van der Waals surface area contributed by atoms with E-state index in [4.69, 9.17) is 10.5 Å². The number of ether oxygens (including phenoxy) is 1. The number of carbonyl (C=O) groups is 3. The summed E-state index contributed by atoms with van der Waals surface area (Å²) in [5, 5.41) is 3.11. The second-order valence-electron chi connectivity index (χ2n) is 9.57. The summed E-state index contributed by atoms with van der Waals surface area (Å²) in [5.41, 5.74) is 5.78. The lowest BCUT2D eigenvalue weighted by Crippen LogP contribution is -2.58. The molecule has 3 fully saturated rings. The molecular formula is C23H40N4O4. The number of carbonyl (C=O) groups excluding carboxylic acids is 3. The zero-order valence-corrected chi connectivity index (χ0v) is 19.2. The van der Waals surface area contributed by atoms with E-state index in [0.29, 0.717) is 50.9 Å². The molecule has 0 aromatic heterocycles. The number of hydrogen-bond donors (Lipinski definition) is 2. The van der Waals surface area contributed by atoms with Gasteiger partial charge >= 0.3 is 0 Å². The fourth-order valence-corrected chi connectivity index (χ4v) is 5.12. The van der Waals surface area contributed by atoms with Crippen LogP contribution in [0.1, 0.15) is 58.3 Å². The third-order valence-corrected chi connectivity index (χ3v) is 7.33. The van der Waals surface area contributed by atoms with Crippen molar-refractivity contribution >= 4 is 17.7 Å². The third-order valence-electron chi connectivity index (χ3n) is 7.33. The minimum atomic E-state index is -0.520. The number of amides is 3. The van der Waals surface area contributed by atoms with Gasteiger partial charge in [0, 0.05) is 45.6 Å². The van der Waals surface area contributed by atoms with Gasteiger partial charge in [0.25, 0.3) is 0 Å². The maximum Gasteiger partial charge on any atom is 0.242 e. The Morgan fingerprint density at radius 3 is 2.32 bits per heavy atom. The van der Waals surface area contributed by atoms with Gasteiger partial charge in [0.1, 0.15) is 6.04 Å². The minimum absolute atomic E-state index is 0.0328. The number of methoxy groups -OCH3 is 1. The van der Waals surface area contributed by atoms with Crippen LogP contribution in [0.5, 0.6) is 0 Å². The lowest BCUT2D eigenvalue weighted by Gasteiger charge is -2.42. The number of likely N-dealkylation sites (tertiary alicyclic amines) is 1. The molecule has 1 unspecified atom stereocenters. The molecule has 0 aromatic rings. The maximum absolute atomic E-state index is 13.1. The van der Waals surface area contributed by atoms with Crippen molar-refractivity contribution in [2.45, 2.75) is 70.4 Å². The Hall–Kier alpha value is -1.67. The summed E-state index contributed by atoms with van der Waals surface area (Å²) in [6, 6.07) is -0.553. The van der Waals surface area contributed by atoms with E-state index in [1.165, 1.54) is 6.92 Å². The third kappa shape index (κ3) is 6.42. The molecule has 3 amide bonds. The zero-order chi connectivity index (χ0) is 22.4. The maximum atomic E-state index is 13.1. The highest BCUT2D eigenvalue weighted by Gasteiger charge is 2.41.